The topological polar surface area (TPSA) is 0 Å². The lowest BCUT2D eigenvalue weighted by Crippen LogP contribution is -2.21. The number of alkyl halides is 3. The van der Waals surface area contributed by atoms with E-state index in [0.717, 1.165) is 4.91 Å². The van der Waals surface area contributed by atoms with Crippen LogP contribution in [0.4, 0.5) is 13.2 Å². The molecule has 0 nitrogen and oxygen atoms in total. The molecule has 0 saturated carbocycles. The van der Waals surface area contributed by atoms with Crippen molar-refractivity contribution < 1.29 is 13.2 Å². The molecule has 0 aliphatic heterocycles. The fraction of sp³-hybridized carbons (Fsp3) is 0.500. The molecule has 12 heavy (non-hydrogen) atoms. The molecular formula is C8H9F3S. The molecule has 0 aromatic heterocycles. The molecular weight excluding hydrogens is 185 g/mol. The molecule has 68 valence electrons. The normalized spacial score (nSPS) is 24.0. The first-order chi connectivity index (χ1) is 5.54. The number of thioether (sulfide) groups is 1. The summed E-state index contributed by atoms with van der Waals surface area (Å²) in [6.07, 6.45) is 2.23. The molecule has 0 amide bonds. The van der Waals surface area contributed by atoms with E-state index in [1.165, 1.54) is 23.9 Å². The van der Waals surface area contributed by atoms with Crippen molar-refractivity contribution in [1.29, 1.82) is 0 Å². The smallest absolute Gasteiger partial charge is 0.170 e. The van der Waals surface area contributed by atoms with E-state index in [0.29, 0.717) is 0 Å². The first-order valence-corrected chi connectivity index (χ1v) is 4.75. The van der Waals surface area contributed by atoms with Crippen LogP contribution in [0.2, 0.25) is 0 Å². The zero-order valence-corrected chi connectivity index (χ0v) is 7.38. The average Bonchev–Trinajstić information content (AvgIpc) is 2.03. The number of allylic oxidation sites excluding steroid dienone is 3. The Kier molecular flexibility index (Phi) is 2.88. The molecule has 0 saturated heterocycles. The van der Waals surface area contributed by atoms with Gasteiger partial charge in [0.1, 0.15) is 0 Å². The number of hydrogen-bond donors (Lipinski definition) is 0. The standard InChI is InChI=1S/C8H9F3S/c1-12-7-4-2-6(3-5-7)8(9,10)11/h2,4-6H,3H2,1H3. The molecule has 0 bridgehead atoms. The Labute approximate surface area is 73.5 Å². The maximum Gasteiger partial charge on any atom is 0.395 e. The Morgan fingerprint density at radius 1 is 1.50 bits per heavy atom. The molecule has 0 spiro atoms. The van der Waals surface area contributed by atoms with Gasteiger partial charge >= 0.3 is 6.18 Å². The lowest BCUT2D eigenvalue weighted by molar-refractivity contribution is -0.160. The summed E-state index contributed by atoms with van der Waals surface area (Å²) in [6, 6.07) is 0. The van der Waals surface area contributed by atoms with Gasteiger partial charge in [-0.15, -0.1) is 11.8 Å². The van der Waals surface area contributed by atoms with E-state index in [-0.39, 0.29) is 6.42 Å². The van der Waals surface area contributed by atoms with Gasteiger partial charge in [0.05, 0.1) is 5.92 Å². The van der Waals surface area contributed by atoms with E-state index in [9.17, 15) is 13.2 Å². The van der Waals surface area contributed by atoms with Crippen LogP contribution in [0.25, 0.3) is 0 Å². The van der Waals surface area contributed by atoms with Gasteiger partial charge in [-0.2, -0.15) is 13.2 Å². The molecule has 0 fully saturated rings. The second-order valence-electron chi connectivity index (χ2n) is 2.55. The molecule has 1 unspecified atom stereocenters. The SMILES string of the molecule is CSC1=CCC(C(F)(F)F)C=C1. The molecule has 0 aromatic carbocycles. The van der Waals surface area contributed by atoms with Crippen LogP contribution in [0.15, 0.2) is 23.1 Å². The lowest BCUT2D eigenvalue weighted by atomic mass is 10.0. The Hall–Kier alpha value is -0.380. The summed E-state index contributed by atoms with van der Waals surface area (Å²) in [5.41, 5.74) is 0. The van der Waals surface area contributed by atoms with Gasteiger partial charge in [-0.05, 0) is 12.7 Å². The van der Waals surface area contributed by atoms with Crippen LogP contribution in [0.5, 0.6) is 0 Å². The summed E-state index contributed by atoms with van der Waals surface area (Å²) in [5.74, 6) is -1.28. The third-order valence-electron chi connectivity index (χ3n) is 1.72. The van der Waals surface area contributed by atoms with Gasteiger partial charge in [-0.3, -0.25) is 0 Å². The number of halogens is 3. The summed E-state index contributed by atoms with van der Waals surface area (Å²) in [4.78, 5) is 0.913. The summed E-state index contributed by atoms with van der Waals surface area (Å²) < 4.78 is 36.3. The van der Waals surface area contributed by atoms with Gasteiger partial charge in [0, 0.05) is 4.91 Å². The van der Waals surface area contributed by atoms with Crippen LogP contribution in [0.3, 0.4) is 0 Å². The van der Waals surface area contributed by atoms with Crippen LogP contribution >= 0.6 is 11.8 Å². The lowest BCUT2D eigenvalue weighted by Gasteiger charge is -2.18. The molecule has 1 aliphatic rings. The highest BCUT2D eigenvalue weighted by Crippen LogP contribution is 2.34. The van der Waals surface area contributed by atoms with Crippen LogP contribution in [-0.4, -0.2) is 12.4 Å². The van der Waals surface area contributed by atoms with Gasteiger partial charge in [-0.25, -0.2) is 0 Å². The highest BCUT2D eigenvalue weighted by Gasteiger charge is 2.37. The van der Waals surface area contributed by atoms with E-state index in [1.807, 2.05) is 6.26 Å². The quantitative estimate of drug-likeness (QED) is 0.616. The monoisotopic (exact) mass is 194 g/mol. The van der Waals surface area contributed by atoms with Crippen molar-refractivity contribution in [2.45, 2.75) is 12.6 Å². The second kappa shape index (κ2) is 3.56. The summed E-state index contributed by atoms with van der Waals surface area (Å²) in [5, 5.41) is 0. The van der Waals surface area contributed by atoms with Crippen molar-refractivity contribution in [2.75, 3.05) is 6.26 Å². The van der Waals surface area contributed by atoms with Crippen molar-refractivity contribution in [2.24, 2.45) is 5.92 Å². The highest BCUT2D eigenvalue weighted by molar-refractivity contribution is 8.02. The highest BCUT2D eigenvalue weighted by atomic mass is 32.2. The van der Waals surface area contributed by atoms with Gasteiger partial charge in [0.25, 0.3) is 0 Å². The molecule has 0 heterocycles. The van der Waals surface area contributed by atoms with Crippen molar-refractivity contribution >= 4 is 11.8 Å². The predicted octanol–water partition coefficient (Wildman–Crippen LogP) is 3.37. The number of hydrogen-bond acceptors (Lipinski definition) is 1. The summed E-state index contributed by atoms with van der Waals surface area (Å²) >= 11 is 1.47. The summed E-state index contributed by atoms with van der Waals surface area (Å²) in [7, 11) is 0. The molecule has 1 aliphatic carbocycles. The fourth-order valence-corrected chi connectivity index (χ4v) is 1.47. The maximum atomic E-state index is 12.1. The van der Waals surface area contributed by atoms with Crippen LogP contribution in [-0.2, 0) is 0 Å². The van der Waals surface area contributed by atoms with E-state index in [1.54, 1.807) is 6.08 Å². The molecule has 0 N–H and O–H groups in total. The van der Waals surface area contributed by atoms with Gasteiger partial charge in [-0.1, -0.05) is 18.2 Å². The molecule has 1 rings (SSSR count). The predicted molar refractivity (Wildman–Crippen MR) is 44.9 cm³/mol. The first-order valence-electron chi connectivity index (χ1n) is 3.53. The minimum atomic E-state index is -4.09. The maximum absolute atomic E-state index is 12.1. The van der Waals surface area contributed by atoms with Crippen LogP contribution in [0.1, 0.15) is 6.42 Å². The largest absolute Gasteiger partial charge is 0.395 e. The minimum Gasteiger partial charge on any atom is -0.170 e. The molecule has 0 radical (unpaired) electrons. The van der Waals surface area contributed by atoms with Crippen LogP contribution in [0, 0.1) is 5.92 Å². The summed E-state index contributed by atoms with van der Waals surface area (Å²) in [6.45, 7) is 0. The molecule has 4 heteroatoms. The van der Waals surface area contributed by atoms with Gasteiger partial charge < -0.3 is 0 Å². The van der Waals surface area contributed by atoms with E-state index in [2.05, 4.69) is 0 Å². The van der Waals surface area contributed by atoms with Crippen LogP contribution < -0.4 is 0 Å². The zero-order valence-electron chi connectivity index (χ0n) is 6.56. The van der Waals surface area contributed by atoms with Crippen molar-refractivity contribution in [3.63, 3.8) is 0 Å². The van der Waals surface area contributed by atoms with Crippen molar-refractivity contribution in [3.8, 4) is 0 Å². The molecule has 1 atom stereocenters. The Morgan fingerprint density at radius 3 is 2.50 bits per heavy atom. The van der Waals surface area contributed by atoms with Crippen molar-refractivity contribution in [1.82, 2.24) is 0 Å². The zero-order chi connectivity index (χ0) is 9.19. The van der Waals surface area contributed by atoms with Gasteiger partial charge in [0.15, 0.2) is 0 Å². The minimum absolute atomic E-state index is 0.0795. The third kappa shape index (κ3) is 2.30. The Bertz CT molecular complexity index is 215. The number of rotatable bonds is 1. The third-order valence-corrected chi connectivity index (χ3v) is 2.50. The van der Waals surface area contributed by atoms with E-state index >= 15 is 0 Å². The Balaban J connectivity index is 2.60. The average molecular weight is 194 g/mol. The Morgan fingerprint density at radius 2 is 2.17 bits per heavy atom. The van der Waals surface area contributed by atoms with E-state index < -0.39 is 12.1 Å². The van der Waals surface area contributed by atoms with Gasteiger partial charge in [0.2, 0.25) is 0 Å². The second-order valence-corrected chi connectivity index (χ2v) is 3.43. The fourth-order valence-electron chi connectivity index (χ4n) is 0.995. The first kappa shape index (κ1) is 9.71. The van der Waals surface area contributed by atoms with Crippen molar-refractivity contribution in [3.05, 3.63) is 23.1 Å². The molecule has 0 aromatic rings. The van der Waals surface area contributed by atoms with E-state index in [4.69, 9.17) is 0 Å².